The van der Waals surface area contributed by atoms with Crippen LogP contribution in [-0.4, -0.2) is 87.4 Å². The standard InChI is InChI=1S/C64H109NO8/c1-6-8-10-12-14-16-18-20-22-24-26-27-28-29-30-31-32-33-34-35-37-39-41-43-45-47-49-51-53-55-62(67)73-60(59-72-64(63(68)69)70-57-56-65(3,4)5)58-71-61(66)54-52-50-48-46-44-42-40-38-36-25-23-21-19-17-15-13-11-9-7-2/h8-11,14-17,20-23,26-27,36,38,60,64H,6-7,12-13,18-19,24-25,28-35,37,39-59H2,1-5H3/p+1/b10-8-,11-9-,16-14-,17-15-,22-20-,23-21-,27-26-,38-36-. The molecule has 0 aliphatic carbocycles. The number of aliphatic carboxylic acids is 1. The third-order valence-corrected chi connectivity index (χ3v) is 12.3. The summed E-state index contributed by atoms with van der Waals surface area (Å²) in [5, 5.41) is 9.71. The summed E-state index contributed by atoms with van der Waals surface area (Å²) < 4.78 is 22.9. The summed E-state index contributed by atoms with van der Waals surface area (Å²) >= 11 is 0. The van der Waals surface area contributed by atoms with Gasteiger partial charge in [0.1, 0.15) is 13.2 Å². The van der Waals surface area contributed by atoms with Crippen LogP contribution in [-0.2, 0) is 33.3 Å². The summed E-state index contributed by atoms with van der Waals surface area (Å²) in [4.78, 5) is 37.4. The van der Waals surface area contributed by atoms with Crippen LogP contribution >= 0.6 is 0 Å². The average Bonchev–Trinajstić information content (AvgIpc) is 3.36. The Balaban J connectivity index is 4.22. The Bertz CT molecular complexity index is 1520. The number of esters is 2. The zero-order valence-electron chi connectivity index (χ0n) is 47.5. The molecule has 0 spiro atoms. The fraction of sp³-hybridized carbons (Fsp3) is 0.703. The highest BCUT2D eigenvalue weighted by atomic mass is 16.7. The van der Waals surface area contributed by atoms with Gasteiger partial charge in [0, 0.05) is 12.8 Å². The molecule has 0 aliphatic rings. The van der Waals surface area contributed by atoms with E-state index >= 15 is 0 Å². The van der Waals surface area contributed by atoms with Gasteiger partial charge < -0.3 is 28.5 Å². The number of rotatable bonds is 53. The lowest BCUT2D eigenvalue weighted by Crippen LogP contribution is -2.40. The van der Waals surface area contributed by atoms with Crippen molar-refractivity contribution >= 4 is 17.9 Å². The third-order valence-electron chi connectivity index (χ3n) is 12.3. The summed E-state index contributed by atoms with van der Waals surface area (Å²) in [7, 11) is 5.96. The van der Waals surface area contributed by atoms with Crippen LogP contribution in [0.25, 0.3) is 0 Å². The maximum absolute atomic E-state index is 12.9. The van der Waals surface area contributed by atoms with E-state index in [0.717, 1.165) is 96.3 Å². The molecule has 0 radical (unpaired) electrons. The van der Waals surface area contributed by atoms with Gasteiger partial charge in [0.2, 0.25) is 0 Å². The molecule has 418 valence electrons. The van der Waals surface area contributed by atoms with Crippen LogP contribution in [0.5, 0.6) is 0 Å². The van der Waals surface area contributed by atoms with E-state index in [4.69, 9.17) is 18.9 Å². The first kappa shape index (κ1) is 69.2. The van der Waals surface area contributed by atoms with Crippen molar-refractivity contribution < 1.29 is 42.9 Å². The van der Waals surface area contributed by atoms with Gasteiger partial charge in [-0.1, -0.05) is 227 Å². The molecule has 0 saturated heterocycles. The van der Waals surface area contributed by atoms with E-state index in [2.05, 4.69) is 111 Å². The minimum atomic E-state index is -1.52. The molecule has 1 N–H and O–H groups in total. The number of likely N-dealkylation sites (N-methyl/N-ethyl adjacent to an activating group) is 1. The van der Waals surface area contributed by atoms with Crippen LogP contribution in [0, 0.1) is 0 Å². The molecule has 0 rings (SSSR count). The summed E-state index contributed by atoms with van der Waals surface area (Å²) in [6.45, 7) is 4.64. The van der Waals surface area contributed by atoms with Gasteiger partial charge in [-0.25, -0.2) is 4.79 Å². The maximum Gasteiger partial charge on any atom is 0.361 e. The van der Waals surface area contributed by atoms with Crippen molar-refractivity contribution in [3.63, 3.8) is 0 Å². The van der Waals surface area contributed by atoms with Crippen molar-refractivity contribution in [1.29, 1.82) is 0 Å². The topological polar surface area (TPSA) is 108 Å². The van der Waals surface area contributed by atoms with E-state index in [9.17, 15) is 19.5 Å². The first-order valence-corrected chi connectivity index (χ1v) is 29.4. The largest absolute Gasteiger partial charge is 0.477 e. The minimum absolute atomic E-state index is 0.181. The molecule has 0 aromatic carbocycles. The van der Waals surface area contributed by atoms with Crippen molar-refractivity contribution in [2.24, 2.45) is 0 Å². The summed E-state index contributed by atoms with van der Waals surface area (Å²) in [6.07, 6.45) is 70.6. The first-order valence-electron chi connectivity index (χ1n) is 29.4. The lowest BCUT2D eigenvalue weighted by atomic mass is 10.0. The Morgan fingerprint density at radius 3 is 1.10 bits per heavy atom. The average molecular weight is 1020 g/mol. The van der Waals surface area contributed by atoms with E-state index in [1.807, 2.05) is 21.1 Å². The highest BCUT2D eigenvalue weighted by Gasteiger charge is 2.25. The van der Waals surface area contributed by atoms with Crippen LogP contribution in [0.15, 0.2) is 97.2 Å². The number of carboxylic acid groups (broad SMARTS) is 1. The second kappa shape index (κ2) is 54.5. The van der Waals surface area contributed by atoms with Gasteiger partial charge in [0.25, 0.3) is 6.29 Å². The summed E-state index contributed by atoms with van der Waals surface area (Å²) in [5.74, 6) is -2.03. The van der Waals surface area contributed by atoms with Crippen molar-refractivity contribution in [1.82, 2.24) is 0 Å². The van der Waals surface area contributed by atoms with Gasteiger partial charge in [0.15, 0.2) is 6.10 Å². The van der Waals surface area contributed by atoms with Crippen LogP contribution in [0.3, 0.4) is 0 Å². The number of ether oxygens (including phenoxy) is 4. The molecule has 0 saturated carbocycles. The maximum atomic E-state index is 12.9. The molecule has 0 aliphatic heterocycles. The van der Waals surface area contributed by atoms with Crippen molar-refractivity contribution in [2.45, 2.75) is 245 Å². The number of quaternary nitrogens is 1. The highest BCUT2D eigenvalue weighted by Crippen LogP contribution is 2.16. The monoisotopic (exact) mass is 1020 g/mol. The Morgan fingerprint density at radius 1 is 0.411 bits per heavy atom. The first-order chi connectivity index (χ1) is 35.6. The normalized spacial score (nSPS) is 13.5. The summed E-state index contributed by atoms with van der Waals surface area (Å²) in [5.41, 5.74) is 0. The lowest BCUT2D eigenvalue weighted by Gasteiger charge is -2.25. The quantitative estimate of drug-likeness (QED) is 0.0211. The molecule has 0 bridgehead atoms. The SMILES string of the molecule is CC/C=C\C/C=C\C/C=C\C/C=C\CCCCCCCCCCCCCCCCCCC(=O)OC(COC(=O)CCCCCCCC/C=C\C/C=C\C/C=C\C/C=C\CC)COC(OCC[N+](C)(C)C)C(=O)O. The Morgan fingerprint density at radius 2 is 0.740 bits per heavy atom. The molecule has 0 aromatic heterocycles. The van der Waals surface area contributed by atoms with Crippen LogP contribution in [0.4, 0.5) is 0 Å². The molecule has 0 fully saturated rings. The number of hydrogen-bond acceptors (Lipinski definition) is 7. The van der Waals surface area contributed by atoms with Gasteiger partial charge in [-0.2, -0.15) is 0 Å². The zero-order chi connectivity index (χ0) is 53.4. The molecular weight excluding hydrogens is 911 g/mol. The Labute approximate surface area is 448 Å². The number of carboxylic acids is 1. The fourth-order valence-electron chi connectivity index (χ4n) is 7.88. The second-order valence-electron chi connectivity index (χ2n) is 20.5. The van der Waals surface area contributed by atoms with E-state index in [0.29, 0.717) is 17.4 Å². The number of carbonyl (C=O) groups is 3. The predicted octanol–water partition coefficient (Wildman–Crippen LogP) is 17.3. The number of hydrogen-bond donors (Lipinski definition) is 1. The van der Waals surface area contributed by atoms with Crippen LogP contribution in [0.1, 0.15) is 232 Å². The molecule has 0 aromatic rings. The van der Waals surface area contributed by atoms with Crippen molar-refractivity contribution in [2.75, 3.05) is 47.5 Å². The van der Waals surface area contributed by atoms with Gasteiger partial charge in [-0.15, -0.1) is 0 Å². The van der Waals surface area contributed by atoms with Crippen molar-refractivity contribution in [3.8, 4) is 0 Å². The van der Waals surface area contributed by atoms with E-state index in [1.54, 1.807) is 0 Å². The van der Waals surface area contributed by atoms with Crippen LogP contribution in [0.2, 0.25) is 0 Å². The molecule has 9 nitrogen and oxygen atoms in total. The highest BCUT2D eigenvalue weighted by molar-refractivity contribution is 5.71. The predicted molar refractivity (Wildman–Crippen MR) is 309 cm³/mol. The molecule has 2 atom stereocenters. The van der Waals surface area contributed by atoms with Crippen molar-refractivity contribution in [3.05, 3.63) is 97.2 Å². The van der Waals surface area contributed by atoms with Crippen LogP contribution < -0.4 is 0 Å². The van der Waals surface area contributed by atoms with E-state index < -0.39 is 24.3 Å². The zero-order valence-corrected chi connectivity index (χ0v) is 47.5. The molecule has 9 heteroatoms. The molecule has 0 amide bonds. The van der Waals surface area contributed by atoms with E-state index in [1.165, 1.54) is 103 Å². The number of nitrogens with zero attached hydrogens (tertiary/aromatic N) is 1. The Hall–Kier alpha value is -3.79. The van der Waals surface area contributed by atoms with E-state index in [-0.39, 0.29) is 38.6 Å². The summed E-state index contributed by atoms with van der Waals surface area (Å²) in [6, 6.07) is 0. The molecular formula is C64H110NO8+. The van der Waals surface area contributed by atoms with Gasteiger partial charge in [-0.3, -0.25) is 9.59 Å². The fourth-order valence-corrected chi connectivity index (χ4v) is 7.88. The Kier molecular flexibility index (Phi) is 51.6. The number of allylic oxidation sites excluding steroid dienone is 16. The molecule has 0 heterocycles. The van der Waals surface area contributed by atoms with Gasteiger partial charge in [0.05, 0.1) is 34.4 Å². The number of carbonyl (C=O) groups excluding carboxylic acids is 2. The van der Waals surface area contributed by atoms with Gasteiger partial charge >= 0.3 is 17.9 Å². The number of unbranched alkanes of at least 4 members (excludes halogenated alkanes) is 22. The second-order valence-corrected chi connectivity index (χ2v) is 20.5. The molecule has 73 heavy (non-hydrogen) atoms. The third kappa shape index (κ3) is 55.8. The smallest absolute Gasteiger partial charge is 0.361 e. The lowest BCUT2D eigenvalue weighted by molar-refractivity contribution is -0.870. The molecule has 2 unspecified atom stereocenters. The minimum Gasteiger partial charge on any atom is -0.477 e. The van der Waals surface area contributed by atoms with Gasteiger partial charge in [-0.05, 0) is 89.9 Å².